The van der Waals surface area contributed by atoms with Gasteiger partial charge in [-0.25, -0.2) is 0 Å². The Morgan fingerprint density at radius 3 is 2.40 bits per heavy atom. The average Bonchev–Trinajstić information content (AvgIpc) is 2.20. The van der Waals surface area contributed by atoms with Crippen molar-refractivity contribution in [2.24, 2.45) is 5.73 Å². The van der Waals surface area contributed by atoms with E-state index in [2.05, 4.69) is 0 Å². The molecule has 0 heterocycles. The lowest BCUT2D eigenvalue weighted by Crippen LogP contribution is -2.30. The lowest BCUT2D eigenvalue weighted by molar-refractivity contribution is 0.745. The summed E-state index contributed by atoms with van der Waals surface area (Å²) in [4.78, 5) is -0.725. The van der Waals surface area contributed by atoms with Crippen LogP contribution >= 0.6 is 11.6 Å². The molecule has 0 aromatic heterocycles. The Hall–Kier alpha value is -1.25. The number of allylic oxidation sites excluding steroid dienone is 2. The number of rotatable bonds is 1. The molecule has 0 spiro atoms. The van der Waals surface area contributed by atoms with E-state index < -0.39 is 5.00 Å². The SMILES string of the molecule is Nc1ccc(C2=CCC(N)(Cl)C=C2)cc1. The maximum absolute atomic E-state index is 5.98. The van der Waals surface area contributed by atoms with Crippen molar-refractivity contribution in [3.63, 3.8) is 0 Å². The van der Waals surface area contributed by atoms with Gasteiger partial charge < -0.3 is 11.5 Å². The monoisotopic (exact) mass is 220 g/mol. The minimum Gasteiger partial charge on any atom is -0.399 e. The summed E-state index contributed by atoms with van der Waals surface area (Å²) in [7, 11) is 0. The van der Waals surface area contributed by atoms with Gasteiger partial charge >= 0.3 is 0 Å². The summed E-state index contributed by atoms with van der Waals surface area (Å²) in [5.41, 5.74) is 14.4. The largest absolute Gasteiger partial charge is 0.399 e. The first-order chi connectivity index (χ1) is 7.07. The standard InChI is InChI=1S/C12H13ClN2/c13-12(15)7-5-10(6-8-12)9-1-3-11(14)4-2-9/h1-7H,8,14-15H2. The fourth-order valence-corrected chi connectivity index (χ4v) is 1.66. The maximum Gasteiger partial charge on any atom is 0.113 e. The molecule has 1 atom stereocenters. The molecule has 3 heteroatoms. The quantitative estimate of drug-likeness (QED) is 0.434. The van der Waals surface area contributed by atoms with Crippen molar-refractivity contribution >= 4 is 22.9 Å². The van der Waals surface area contributed by atoms with Crippen molar-refractivity contribution in [2.75, 3.05) is 5.73 Å². The predicted octanol–water partition coefficient (Wildman–Crippen LogP) is 2.51. The third kappa shape index (κ3) is 2.41. The van der Waals surface area contributed by atoms with E-state index in [0.29, 0.717) is 6.42 Å². The van der Waals surface area contributed by atoms with Crippen LogP contribution < -0.4 is 11.5 Å². The molecule has 0 saturated heterocycles. The van der Waals surface area contributed by atoms with Gasteiger partial charge in [0.25, 0.3) is 0 Å². The van der Waals surface area contributed by atoms with Gasteiger partial charge in [0.1, 0.15) is 5.00 Å². The van der Waals surface area contributed by atoms with E-state index in [1.165, 1.54) is 0 Å². The highest BCUT2D eigenvalue weighted by Crippen LogP contribution is 2.27. The Morgan fingerprint density at radius 1 is 1.20 bits per heavy atom. The lowest BCUT2D eigenvalue weighted by Gasteiger charge is -2.20. The topological polar surface area (TPSA) is 52.0 Å². The van der Waals surface area contributed by atoms with Crippen molar-refractivity contribution in [2.45, 2.75) is 11.4 Å². The summed E-state index contributed by atoms with van der Waals surface area (Å²) < 4.78 is 0. The van der Waals surface area contributed by atoms with Crippen molar-refractivity contribution in [1.82, 2.24) is 0 Å². The van der Waals surface area contributed by atoms with Crippen LogP contribution in [-0.2, 0) is 0 Å². The zero-order valence-electron chi connectivity index (χ0n) is 8.28. The van der Waals surface area contributed by atoms with E-state index in [1.807, 2.05) is 42.5 Å². The molecular formula is C12H13ClN2. The van der Waals surface area contributed by atoms with Gasteiger partial charge in [-0.3, -0.25) is 0 Å². The Bertz CT molecular complexity index is 416. The molecule has 0 saturated carbocycles. The number of benzene rings is 1. The molecule has 2 rings (SSSR count). The van der Waals surface area contributed by atoms with Crippen molar-refractivity contribution in [3.05, 3.63) is 48.1 Å². The first kappa shape index (κ1) is 10.3. The molecule has 0 aliphatic heterocycles. The smallest absolute Gasteiger partial charge is 0.113 e. The number of alkyl halides is 1. The Morgan fingerprint density at radius 2 is 1.87 bits per heavy atom. The molecule has 0 amide bonds. The fraction of sp³-hybridized carbons (Fsp3) is 0.167. The van der Waals surface area contributed by atoms with Gasteiger partial charge in [-0.05, 0) is 29.3 Å². The van der Waals surface area contributed by atoms with Crippen LogP contribution in [0.1, 0.15) is 12.0 Å². The lowest BCUT2D eigenvalue weighted by atomic mass is 9.97. The van der Waals surface area contributed by atoms with E-state index in [0.717, 1.165) is 16.8 Å². The molecule has 0 bridgehead atoms. The van der Waals surface area contributed by atoms with Gasteiger partial charge in [0.2, 0.25) is 0 Å². The van der Waals surface area contributed by atoms with Crippen LogP contribution in [0.5, 0.6) is 0 Å². The predicted molar refractivity (Wildman–Crippen MR) is 65.4 cm³/mol. The highest BCUT2D eigenvalue weighted by molar-refractivity contribution is 6.25. The number of halogens is 1. The molecule has 1 aromatic carbocycles. The Kier molecular flexibility index (Phi) is 2.55. The van der Waals surface area contributed by atoms with Gasteiger partial charge in [0.15, 0.2) is 0 Å². The molecule has 1 aromatic rings. The minimum atomic E-state index is -0.725. The first-order valence-electron chi connectivity index (χ1n) is 4.80. The highest BCUT2D eigenvalue weighted by atomic mass is 35.5. The highest BCUT2D eigenvalue weighted by Gasteiger charge is 2.19. The number of hydrogen-bond donors (Lipinski definition) is 2. The summed E-state index contributed by atoms with van der Waals surface area (Å²) in [6.45, 7) is 0. The van der Waals surface area contributed by atoms with Gasteiger partial charge in [-0.2, -0.15) is 0 Å². The molecule has 0 radical (unpaired) electrons. The number of nitrogen functional groups attached to an aromatic ring is 1. The van der Waals surface area contributed by atoms with Crippen LogP contribution in [-0.4, -0.2) is 5.00 Å². The minimum absolute atomic E-state index is 0.644. The molecule has 1 unspecified atom stereocenters. The zero-order chi connectivity index (χ0) is 10.9. The first-order valence-corrected chi connectivity index (χ1v) is 5.18. The fourth-order valence-electron chi connectivity index (χ4n) is 1.52. The normalized spacial score (nSPS) is 25.1. The molecule has 1 aliphatic rings. The van der Waals surface area contributed by atoms with E-state index in [9.17, 15) is 0 Å². The Labute approximate surface area is 94.2 Å². The van der Waals surface area contributed by atoms with E-state index in [1.54, 1.807) is 0 Å². The molecule has 0 fully saturated rings. The van der Waals surface area contributed by atoms with Crippen molar-refractivity contribution < 1.29 is 0 Å². The molecular weight excluding hydrogens is 208 g/mol. The van der Waals surface area contributed by atoms with Gasteiger partial charge in [0.05, 0.1) is 0 Å². The Balaban J connectivity index is 2.24. The van der Waals surface area contributed by atoms with Crippen molar-refractivity contribution in [1.29, 1.82) is 0 Å². The summed E-state index contributed by atoms with van der Waals surface area (Å²) >= 11 is 5.98. The van der Waals surface area contributed by atoms with Crippen LogP contribution in [0.3, 0.4) is 0 Å². The summed E-state index contributed by atoms with van der Waals surface area (Å²) in [6.07, 6.45) is 6.45. The van der Waals surface area contributed by atoms with Crippen LogP contribution in [0.2, 0.25) is 0 Å². The van der Waals surface area contributed by atoms with E-state index in [-0.39, 0.29) is 0 Å². The van der Waals surface area contributed by atoms with Crippen LogP contribution in [0.4, 0.5) is 5.69 Å². The van der Waals surface area contributed by atoms with Gasteiger partial charge in [-0.1, -0.05) is 35.9 Å². The molecule has 78 valence electrons. The van der Waals surface area contributed by atoms with Crippen LogP contribution in [0.25, 0.3) is 5.57 Å². The molecule has 15 heavy (non-hydrogen) atoms. The van der Waals surface area contributed by atoms with E-state index >= 15 is 0 Å². The average molecular weight is 221 g/mol. The summed E-state index contributed by atoms with van der Waals surface area (Å²) in [6, 6.07) is 7.75. The number of hydrogen-bond acceptors (Lipinski definition) is 2. The molecule has 4 N–H and O–H groups in total. The van der Waals surface area contributed by atoms with Crippen LogP contribution in [0.15, 0.2) is 42.5 Å². The second-order valence-electron chi connectivity index (χ2n) is 3.75. The summed E-state index contributed by atoms with van der Waals surface area (Å²) in [5.74, 6) is 0. The molecule has 2 nitrogen and oxygen atoms in total. The zero-order valence-corrected chi connectivity index (χ0v) is 9.04. The number of nitrogens with two attached hydrogens (primary N) is 2. The van der Waals surface area contributed by atoms with Gasteiger partial charge in [-0.15, -0.1) is 0 Å². The third-order valence-electron chi connectivity index (χ3n) is 2.42. The van der Waals surface area contributed by atoms with Gasteiger partial charge in [0, 0.05) is 12.1 Å². The summed E-state index contributed by atoms with van der Waals surface area (Å²) in [5, 5.41) is 0. The number of anilines is 1. The van der Waals surface area contributed by atoms with Crippen molar-refractivity contribution in [3.8, 4) is 0 Å². The van der Waals surface area contributed by atoms with E-state index in [4.69, 9.17) is 23.1 Å². The third-order valence-corrected chi connectivity index (χ3v) is 2.70. The second kappa shape index (κ2) is 3.72. The molecule has 1 aliphatic carbocycles. The van der Waals surface area contributed by atoms with Crippen LogP contribution in [0, 0.1) is 0 Å². The maximum atomic E-state index is 5.98. The second-order valence-corrected chi connectivity index (χ2v) is 4.45.